The maximum Gasteiger partial charge on any atom is 0.236 e. The monoisotopic (exact) mass is 384 g/mol. The van der Waals surface area contributed by atoms with Crippen molar-refractivity contribution in [3.8, 4) is 0 Å². The molecule has 0 atom stereocenters. The van der Waals surface area contributed by atoms with Gasteiger partial charge in [-0.05, 0) is 37.1 Å². The molecule has 1 heterocycles. The van der Waals surface area contributed by atoms with E-state index in [9.17, 15) is 9.59 Å². The van der Waals surface area contributed by atoms with Gasteiger partial charge in [-0.3, -0.25) is 14.9 Å². The number of nitrogens with one attached hydrogen (secondary N) is 2. The summed E-state index contributed by atoms with van der Waals surface area (Å²) in [6, 6.07) is 5.26. The molecule has 24 heavy (non-hydrogen) atoms. The van der Waals surface area contributed by atoms with Crippen LogP contribution >= 0.6 is 34.7 Å². The number of rotatable bonds is 7. The molecule has 0 bridgehead atoms. The quantitative estimate of drug-likeness (QED) is 0.764. The molecule has 1 aromatic carbocycles. The normalized spacial score (nSPS) is 10.5. The summed E-state index contributed by atoms with van der Waals surface area (Å²) < 4.78 is 0. The van der Waals surface area contributed by atoms with E-state index < -0.39 is 0 Å². The van der Waals surface area contributed by atoms with Crippen LogP contribution in [0.25, 0.3) is 0 Å². The Morgan fingerprint density at radius 1 is 1.21 bits per heavy atom. The van der Waals surface area contributed by atoms with Gasteiger partial charge in [0.15, 0.2) is 0 Å². The van der Waals surface area contributed by atoms with Crippen molar-refractivity contribution in [2.75, 3.05) is 22.1 Å². The van der Waals surface area contributed by atoms with Crippen molar-refractivity contribution >= 4 is 57.3 Å². The summed E-state index contributed by atoms with van der Waals surface area (Å²) in [5, 5.41) is 15.3. The Labute approximate surface area is 153 Å². The third-order valence-electron chi connectivity index (χ3n) is 2.94. The number of nitrogens with zero attached hydrogens (tertiary/aromatic N) is 2. The fraction of sp³-hybridized carbons (Fsp3) is 0.333. The number of anilines is 2. The van der Waals surface area contributed by atoms with E-state index in [4.69, 9.17) is 11.6 Å². The molecule has 128 valence electrons. The van der Waals surface area contributed by atoms with Crippen molar-refractivity contribution in [3.05, 3.63) is 33.8 Å². The van der Waals surface area contributed by atoms with Gasteiger partial charge in [0.05, 0.1) is 11.5 Å². The standard InChI is InChI=1S/C15H17ClN4O2S2/c1-3-14-19-20-15(24-14)18-13(22)8-23-7-12(21)17-11-5-4-10(16)6-9(11)2/h4-6H,3,7-8H2,1-2H3,(H,17,21)(H,18,20,22). The Hall–Kier alpha value is -1.64. The number of hydrogen-bond acceptors (Lipinski definition) is 6. The molecule has 6 nitrogen and oxygen atoms in total. The van der Waals surface area contributed by atoms with Crippen molar-refractivity contribution in [1.82, 2.24) is 10.2 Å². The van der Waals surface area contributed by atoms with Gasteiger partial charge in [0.25, 0.3) is 0 Å². The Morgan fingerprint density at radius 3 is 2.54 bits per heavy atom. The molecule has 0 unspecified atom stereocenters. The third kappa shape index (κ3) is 5.77. The average molecular weight is 385 g/mol. The van der Waals surface area contributed by atoms with Gasteiger partial charge in [0, 0.05) is 10.7 Å². The lowest BCUT2D eigenvalue weighted by molar-refractivity contribution is -0.114. The van der Waals surface area contributed by atoms with Crippen molar-refractivity contribution in [3.63, 3.8) is 0 Å². The molecule has 0 spiro atoms. The Morgan fingerprint density at radius 2 is 1.92 bits per heavy atom. The molecule has 0 aliphatic carbocycles. The van der Waals surface area contributed by atoms with E-state index in [1.54, 1.807) is 18.2 Å². The van der Waals surface area contributed by atoms with Gasteiger partial charge in [0.1, 0.15) is 5.01 Å². The molecule has 9 heteroatoms. The first-order valence-electron chi connectivity index (χ1n) is 7.24. The first-order valence-corrected chi connectivity index (χ1v) is 9.59. The van der Waals surface area contributed by atoms with E-state index in [0.29, 0.717) is 10.2 Å². The van der Waals surface area contributed by atoms with Crippen LogP contribution in [-0.4, -0.2) is 33.5 Å². The van der Waals surface area contributed by atoms with Crippen molar-refractivity contribution in [2.45, 2.75) is 20.3 Å². The van der Waals surface area contributed by atoms with Crippen LogP contribution in [0.3, 0.4) is 0 Å². The third-order valence-corrected chi connectivity index (χ3v) is 5.10. The number of halogens is 1. The van der Waals surface area contributed by atoms with Crippen molar-refractivity contribution in [1.29, 1.82) is 0 Å². The second kappa shape index (κ2) is 9.00. The molecule has 0 saturated carbocycles. The van der Waals surface area contributed by atoms with Crippen LogP contribution < -0.4 is 10.6 Å². The zero-order chi connectivity index (χ0) is 17.5. The molecular weight excluding hydrogens is 368 g/mol. The molecule has 0 saturated heterocycles. The van der Waals surface area contributed by atoms with E-state index in [0.717, 1.165) is 22.7 Å². The largest absolute Gasteiger partial charge is 0.325 e. The number of thioether (sulfide) groups is 1. The summed E-state index contributed by atoms with van der Waals surface area (Å²) in [5.74, 6) is -0.00320. The topological polar surface area (TPSA) is 84.0 Å². The lowest BCUT2D eigenvalue weighted by atomic mass is 10.2. The molecule has 0 fully saturated rings. The van der Waals surface area contributed by atoms with Crippen molar-refractivity contribution < 1.29 is 9.59 Å². The van der Waals surface area contributed by atoms with Crippen molar-refractivity contribution in [2.24, 2.45) is 0 Å². The highest BCUT2D eigenvalue weighted by Crippen LogP contribution is 2.20. The van der Waals surface area contributed by atoms with E-state index >= 15 is 0 Å². The van der Waals surface area contributed by atoms with Gasteiger partial charge in [0.2, 0.25) is 16.9 Å². The highest BCUT2D eigenvalue weighted by Gasteiger charge is 2.10. The number of amides is 2. The lowest BCUT2D eigenvalue weighted by Gasteiger charge is -2.08. The molecule has 2 aromatic rings. The zero-order valence-electron chi connectivity index (χ0n) is 13.3. The molecule has 2 amide bonds. The van der Waals surface area contributed by atoms with Crippen LogP contribution in [0, 0.1) is 6.92 Å². The fourth-order valence-corrected chi connectivity index (χ4v) is 3.33. The molecule has 0 aliphatic rings. The minimum Gasteiger partial charge on any atom is -0.325 e. The second-order valence-corrected chi connectivity index (χ2v) is 7.39. The van der Waals surface area contributed by atoms with Gasteiger partial charge < -0.3 is 5.32 Å². The summed E-state index contributed by atoms with van der Waals surface area (Å²) in [4.78, 5) is 23.7. The fourth-order valence-electron chi connectivity index (χ4n) is 1.79. The number of aromatic nitrogens is 2. The number of aryl methyl sites for hydroxylation is 2. The first kappa shape index (κ1) is 18.7. The van der Waals surface area contributed by atoms with Gasteiger partial charge >= 0.3 is 0 Å². The number of carbonyl (C=O) groups excluding carboxylic acids is 2. The van der Waals surface area contributed by atoms with Gasteiger partial charge in [-0.1, -0.05) is 29.9 Å². The Bertz CT molecular complexity index is 736. The predicted octanol–water partition coefficient (Wildman–Crippen LogP) is 3.37. The molecule has 0 aliphatic heterocycles. The van der Waals surface area contributed by atoms with Gasteiger partial charge in [-0.2, -0.15) is 0 Å². The van der Waals surface area contributed by atoms with Gasteiger partial charge in [-0.25, -0.2) is 0 Å². The SMILES string of the molecule is CCc1nnc(NC(=O)CSCC(=O)Nc2ccc(Cl)cc2C)s1. The van der Waals surface area contributed by atoms with E-state index in [1.165, 1.54) is 23.1 Å². The smallest absolute Gasteiger partial charge is 0.236 e. The molecule has 2 N–H and O–H groups in total. The van der Waals surface area contributed by atoms with Crippen LogP contribution in [0.4, 0.5) is 10.8 Å². The zero-order valence-corrected chi connectivity index (χ0v) is 15.6. The van der Waals surface area contributed by atoms with Crippen LogP contribution in [-0.2, 0) is 16.0 Å². The number of benzene rings is 1. The summed E-state index contributed by atoms with van der Waals surface area (Å²) in [6.45, 7) is 3.84. The number of hydrogen-bond donors (Lipinski definition) is 2. The second-order valence-electron chi connectivity index (χ2n) is 4.90. The highest BCUT2D eigenvalue weighted by atomic mass is 35.5. The first-order chi connectivity index (χ1) is 11.5. The summed E-state index contributed by atoms with van der Waals surface area (Å²) in [6.07, 6.45) is 0.784. The van der Waals surface area contributed by atoms with E-state index in [1.807, 2.05) is 13.8 Å². The maximum atomic E-state index is 11.9. The Kier molecular flexibility index (Phi) is 7.01. The molecule has 0 radical (unpaired) electrons. The minimum absolute atomic E-state index is 0.164. The van der Waals surface area contributed by atoms with Crippen LogP contribution in [0.15, 0.2) is 18.2 Å². The Balaban J connectivity index is 1.72. The predicted molar refractivity (Wildman–Crippen MR) is 100 cm³/mol. The van der Waals surface area contributed by atoms with Crippen LogP contribution in [0.1, 0.15) is 17.5 Å². The molecule has 1 aromatic heterocycles. The molecular formula is C15H17ClN4O2S2. The summed E-state index contributed by atoms with van der Waals surface area (Å²) in [5.41, 5.74) is 1.61. The van der Waals surface area contributed by atoms with Crippen LogP contribution in [0.5, 0.6) is 0 Å². The van der Waals surface area contributed by atoms with Gasteiger partial charge in [-0.15, -0.1) is 22.0 Å². The molecule has 2 rings (SSSR count). The lowest BCUT2D eigenvalue weighted by Crippen LogP contribution is -2.18. The summed E-state index contributed by atoms with van der Waals surface area (Å²) in [7, 11) is 0. The number of carbonyl (C=O) groups is 2. The highest BCUT2D eigenvalue weighted by molar-refractivity contribution is 8.00. The van der Waals surface area contributed by atoms with E-state index in [2.05, 4.69) is 20.8 Å². The van der Waals surface area contributed by atoms with E-state index in [-0.39, 0.29) is 23.3 Å². The maximum absolute atomic E-state index is 11.9. The summed E-state index contributed by atoms with van der Waals surface area (Å²) >= 11 is 8.47. The van der Waals surface area contributed by atoms with Crippen LogP contribution in [0.2, 0.25) is 5.02 Å². The minimum atomic E-state index is -0.200. The average Bonchev–Trinajstić information content (AvgIpc) is 2.97.